The van der Waals surface area contributed by atoms with E-state index >= 15 is 0 Å². The second-order valence-electron chi connectivity index (χ2n) is 5.88. The number of rotatable bonds is 3. The Balaban J connectivity index is 2.09. The molecule has 0 fully saturated rings. The summed E-state index contributed by atoms with van der Waals surface area (Å²) in [5, 5.41) is 16.3. The predicted octanol–water partition coefficient (Wildman–Crippen LogP) is 1.30. The fourth-order valence-electron chi connectivity index (χ4n) is 2.68. The molecule has 2 unspecified atom stereocenters. The van der Waals surface area contributed by atoms with E-state index in [-0.39, 0.29) is 11.5 Å². The van der Waals surface area contributed by atoms with Gasteiger partial charge in [-0.15, -0.1) is 0 Å². The Bertz CT molecular complexity index is 743. The van der Waals surface area contributed by atoms with Gasteiger partial charge in [-0.3, -0.25) is 14.7 Å². The smallest absolute Gasteiger partial charge is 0.276 e. The van der Waals surface area contributed by atoms with Crippen LogP contribution in [0, 0.1) is 5.92 Å². The van der Waals surface area contributed by atoms with E-state index in [2.05, 4.69) is 20.6 Å². The first-order valence-electron chi connectivity index (χ1n) is 7.18. The van der Waals surface area contributed by atoms with Gasteiger partial charge < -0.3 is 10.4 Å². The van der Waals surface area contributed by atoms with Crippen molar-refractivity contribution in [2.24, 2.45) is 5.92 Å². The maximum absolute atomic E-state index is 12.8. The second-order valence-corrected chi connectivity index (χ2v) is 5.88. The SMILES string of the molecule is CC(C)C1(C)NC(O)c2ccc(Nc3ccncn3)c(=O)n21. The van der Waals surface area contributed by atoms with Gasteiger partial charge in [-0.05, 0) is 31.0 Å². The van der Waals surface area contributed by atoms with Crippen LogP contribution in [0.25, 0.3) is 0 Å². The van der Waals surface area contributed by atoms with Gasteiger partial charge in [0.1, 0.15) is 29.7 Å². The topological polar surface area (TPSA) is 92.1 Å². The molecule has 3 rings (SSSR count). The zero-order valence-corrected chi connectivity index (χ0v) is 12.7. The van der Waals surface area contributed by atoms with Crippen molar-refractivity contribution in [3.8, 4) is 0 Å². The molecule has 0 saturated heterocycles. The van der Waals surface area contributed by atoms with Crippen molar-refractivity contribution in [2.75, 3.05) is 5.32 Å². The van der Waals surface area contributed by atoms with Crippen LogP contribution < -0.4 is 16.2 Å². The van der Waals surface area contributed by atoms with Crippen LogP contribution in [0.3, 0.4) is 0 Å². The monoisotopic (exact) mass is 301 g/mol. The summed E-state index contributed by atoms with van der Waals surface area (Å²) in [6.45, 7) is 5.92. The fraction of sp³-hybridized carbons (Fsp3) is 0.400. The summed E-state index contributed by atoms with van der Waals surface area (Å²) in [5.41, 5.74) is 0.130. The maximum Gasteiger partial charge on any atom is 0.276 e. The average molecular weight is 301 g/mol. The number of aliphatic hydroxyl groups is 1. The first kappa shape index (κ1) is 14.7. The Morgan fingerprint density at radius 3 is 2.82 bits per heavy atom. The van der Waals surface area contributed by atoms with Gasteiger partial charge in [-0.25, -0.2) is 9.97 Å². The molecule has 3 heterocycles. The number of nitrogens with zero attached hydrogens (tertiary/aromatic N) is 3. The van der Waals surface area contributed by atoms with E-state index < -0.39 is 11.9 Å². The van der Waals surface area contributed by atoms with Gasteiger partial charge in [-0.1, -0.05) is 13.8 Å². The quantitative estimate of drug-likeness (QED) is 0.791. The van der Waals surface area contributed by atoms with Crippen LogP contribution in [-0.4, -0.2) is 19.6 Å². The number of fused-ring (bicyclic) bond motifs is 1. The molecule has 0 radical (unpaired) electrons. The molecule has 116 valence electrons. The summed E-state index contributed by atoms with van der Waals surface area (Å²) in [5.74, 6) is 0.667. The van der Waals surface area contributed by atoms with Crippen LogP contribution in [0.4, 0.5) is 11.5 Å². The van der Waals surface area contributed by atoms with Crippen LogP contribution in [0.15, 0.2) is 35.5 Å². The lowest BCUT2D eigenvalue weighted by Crippen LogP contribution is -2.48. The molecule has 0 aromatic carbocycles. The largest absolute Gasteiger partial charge is 0.373 e. The number of pyridine rings is 1. The number of hydrogen-bond donors (Lipinski definition) is 3. The molecule has 0 bridgehead atoms. The zero-order chi connectivity index (χ0) is 15.9. The van der Waals surface area contributed by atoms with Crippen LogP contribution in [0.1, 0.15) is 32.7 Å². The third-order valence-electron chi connectivity index (χ3n) is 4.25. The molecule has 22 heavy (non-hydrogen) atoms. The van der Waals surface area contributed by atoms with Crippen molar-refractivity contribution in [1.29, 1.82) is 0 Å². The molecule has 7 heteroatoms. The molecular formula is C15H19N5O2. The second kappa shape index (κ2) is 5.19. The lowest BCUT2D eigenvalue weighted by molar-refractivity contribution is 0.0864. The normalized spacial score (nSPS) is 23.6. The van der Waals surface area contributed by atoms with E-state index in [1.165, 1.54) is 6.33 Å². The summed E-state index contributed by atoms with van der Waals surface area (Å²) < 4.78 is 1.62. The van der Waals surface area contributed by atoms with Crippen molar-refractivity contribution in [3.63, 3.8) is 0 Å². The van der Waals surface area contributed by atoms with Gasteiger partial charge in [0, 0.05) is 6.20 Å². The minimum atomic E-state index is -0.854. The molecule has 1 aliphatic heterocycles. The molecule has 0 saturated carbocycles. The standard InChI is InChI=1S/C15H19N5O2/c1-9(2)15(3)19-13(21)11-5-4-10(14(22)20(11)15)18-12-6-7-16-8-17-12/h4-9,13,19,21H,1-3H3,(H,16,17,18). The van der Waals surface area contributed by atoms with Crippen molar-refractivity contribution in [2.45, 2.75) is 32.7 Å². The van der Waals surface area contributed by atoms with Crippen molar-refractivity contribution in [1.82, 2.24) is 19.9 Å². The van der Waals surface area contributed by atoms with Gasteiger partial charge in [0.15, 0.2) is 0 Å². The Hall–Kier alpha value is -2.25. The lowest BCUT2D eigenvalue weighted by atomic mass is 9.98. The minimum Gasteiger partial charge on any atom is -0.373 e. The highest BCUT2D eigenvalue weighted by atomic mass is 16.3. The highest BCUT2D eigenvalue weighted by Gasteiger charge is 2.42. The molecule has 0 aliphatic carbocycles. The molecule has 3 N–H and O–H groups in total. The van der Waals surface area contributed by atoms with Crippen molar-refractivity contribution in [3.05, 3.63) is 46.8 Å². The molecule has 1 aliphatic rings. The van der Waals surface area contributed by atoms with E-state index in [0.717, 1.165) is 0 Å². The number of anilines is 2. The lowest BCUT2D eigenvalue weighted by Gasteiger charge is -2.32. The Labute approximate surface area is 128 Å². The molecule has 2 atom stereocenters. The van der Waals surface area contributed by atoms with Crippen LogP contribution in [-0.2, 0) is 5.66 Å². The zero-order valence-electron chi connectivity index (χ0n) is 12.7. The first-order valence-corrected chi connectivity index (χ1v) is 7.18. The van der Waals surface area contributed by atoms with Crippen LogP contribution in [0.2, 0.25) is 0 Å². The summed E-state index contributed by atoms with van der Waals surface area (Å²) in [6, 6.07) is 5.09. The molecule has 0 amide bonds. The van der Waals surface area contributed by atoms with Gasteiger partial charge in [0.05, 0.1) is 5.69 Å². The van der Waals surface area contributed by atoms with E-state index in [1.807, 2.05) is 20.8 Å². The molecular weight excluding hydrogens is 282 g/mol. The highest BCUT2D eigenvalue weighted by Crippen LogP contribution is 2.33. The van der Waals surface area contributed by atoms with E-state index in [1.54, 1.807) is 29.0 Å². The van der Waals surface area contributed by atoms with E-state index in [4.69, 9.17) is 0 Å². The maximum atomic E-state index is 12.8. The summed E-state index contributed by atoms with van der Waals surface area (Å²) >= 11 is 0. The summed E-state index contributed by atoms with van der Waals surface area (Å²) in [4.78, 5) is 20.7. The van der Waals surface area contributed by atoms with Crippen molar-refractivity contribution >= 4 is 11.5 Å². The fourth-order valence-corrected chi connectivity index (χ4v) is 2.68. The van der Waals surface area contributed by atoms with Crippen LogP contribution in [0.5, 0.6) is 0 Å². The molecule has 7 nitrogen and oxygen atoms in total. The van der Waals surface area contributed by atoms with Gasteiger partial charge in [-0.2, -0.15) is 0 Å². The van der Waals surface area contributed by atoms with Gasteiger partial charge in [0.2, 0.25) is 0 Å². The Morgan fingerprint density at radius 1 is 1.41 bits per heavy atom. The Morgan fingerprint density at radius 2 is 2.18 bits per heavy atom. The average Bonchev–Trinajstić information content (AvgIpc) is 2.76. The first-order chi connectivity index (χ1) is 10.4. The van der Waals surface area contributed by atoms with Gasteiger partial charge in [0.25, 0.3) is 5.56 Å². The summed E-state index contributed by atoms with van der Waals surface area (Å²) in [6.07, 6.45) is 2.16. The van der Waals surface area contributed by atoms with Crippen LogP contribution >= 0.6 is 0 Å². The third kappa shape index (κ3) is 2.18. The predicted molar refractivity (Wildman–Crippen MR) is 82.6 cm³/mol. The number of aromatic nitrogens is 3. The number of aliphatic hydroxyl groups excluding tert-OH is 1. The Kier molecular flexibility index (Phi) is 3.46. The number of hydrogen-bond acceptors (Lipinski definition) is 6. The minimum absolute atomic E-state index is 0.121. The highest BCUT2D eigenvalue weighted by molar-refractivity contribution is 5.54. The van der Waals surface area contributed by atoms with Crippen molar-refractivity contribution < 1.29 is 5.11 Å². The molecule has 0 spiro atoms. The van der Waals surface area contributed by atoms with Gasteiger partial charge >= 0.3 is 0 Å². The number of nitrogens with one attached hydrogen (secondary N) is 2. The summed E-state index contributed by atoms with van der Waals surface area (Å²) in [7, 11) is 0. The van der Waals surface area contributed by atoms with E-state index in [0.29, 0.717) is 17.2 Å². The molecule has 2 aromatic heterocycles. The van der Waals surface area contributed by atoms with E-state index in [9.17, 15) is 9.90 Å². The molecule has 2 aromatic rings. The third-order valence-corrected chi connectivity index (χ3v) is 4.25.